The van der Waals surface area contributed by atoms with Crippen molar-refractivity contribution in [3.63, 3.8) is 0 Å². The summed E-state index contributed by atoms with van der Waals surface area (Å²) in [6.07, 6.45) is 4.45. The average molecular weight is 525 g/mol. The van der Waals surface area contributed by atoms with Gasteiger partial charge in [-0.3, -0.25) is 9.59 Å². The first-order valence-corrected chi connectivity index (χ1v) is 13.0. The van der Waals surface area contributed by atoms with E-state index in [1.165, 1.54) is 0 Å². The maximum absolute atomic E-state index is 13.7. The molecule has 0 radical (unpaired) electrons. The number of nitrogens with zero attached hydrogens (tertiary/aromatic N) is 1. The quantitative estimate of drug-likeness (QED) is 0.350. The fourth-order valence-corrected chi connectivity index (χ4v) is 5.04. The number of hydrogen-bond donors (Lipinski definition) is 1. The molecule has 0 unspecified atom stereocenters. The third kappa shape index (κ3) is 7.02. The van der Waals surface area contributed by atoms with E-state index in [1.54, 1.807) is 35.2 Å². The van der Waals surface area contributed by atoms with E-state index in [0.717, 1.165) is 31.2 Å². The van der Waals surface area contributed by atoms with Gasteiger partial charge in [-0.15, -0.1) is 0 Å². The van der Waals surface area contributed by atoms with Crippen LogP contribution in [-0.4, -0.2) is 35.4 Å². The third-order valence-corrected chi connectivity index (χ3v) is 7.18. The SMILES string of the molecule is O=C(NC1CCCC1)[C@H](Cc1ccccc1)N(Cc1c(Cl)cccc1Cl)C(=O)COc1ccccc1. The van der Waals surface area contributed by atoms with Crippen molar-refractivity contribution < 1.29 is 14.3 Å². The second kappa shape index (κ2) is 12.8. The Bertz CT molecular complexity index is 1130. The van der Waals surface area contributed by atoms with Crippen molar-refractivity contribution in [3.8, 4) is 5.75 Å². The molecule has 4 rings (SSSR count). The Hall–Kier alpha value is -3.02. The van der Waals surface area contributed by atoms with Crippen LogP contribution in [0.1, 0.15) is 36.8 Å². The van der Waals surface area contributed by atoms with Gasteiger partial charge in [0, 0.05) is 34.6 Å². The molecule has 0 spiro atoms. The predicted octanol–water partition coefficient (Wildman–Crippen LogP) is 6.07. The van der Waals surface area contributed by atoms with Gasteiger partial charge in [-0.05, 0) is 42.7 Å². The van der Waals surface area contributed by atoms with Gasteiger partial charge in [0.15, 0.2) is 6.61 Å². The smallest absolute Gasteiger partial charge is 0.261 e. The Morgan fingerprint density at radius 2 is 1.50 bits per heavy atom. The topological polar surface area (TPSA) is 58.6 Å². The fraction of sp³-hybridized carbons (Fsp3) is 0.310. The summed E-state index contributed by atoms with van der Waals surface area (Å²) in [6.45, 7) is -0.126. The van der Waals surface area contributed by atoms with Crippen molar-refractivity contribution in [1.29, 1.82) is 0 Å². The number of amides is 2. The summed E-state index contributed by atoms with van der Waals surface area (Å²) in [5.74, 6) is 0.0796. The lowest BCUT2D eigenvalue weighted by atomic mass is 10.0. The van der Waals surface area contributed by atoms with Crippen LogP contribution in [-0.2, 0) is 22.6 Å². The Morgan fingerprint density at radius 1 is 0.889 bits per heavy atom. The van der Waals surface area contributed by atoms with E-state index >= 15 is 0 Å². The van der Waals surface area contributed by atoms with Crippen molar-refractivity contribution in [1.82, 2.24) is 10.2 Å². The first-order valence-electron chi connectivity index (χ1n) is 12.3. The predicted molar refractivity (Wildman–Crippen MR) is 143 cm³/mol. The lowest BCUT2D eigenvalue weighted by Gasteiger charge is -2.32. The molecular weight excluding hydrogens is 495 g/mol. The van der Waals surface area contributed by atoms with Crippen LogP contribution in [0.5, 0.6) is 5.75 Å². The monoisotopic (exact) mass is 524 g/mol. The number of carbonyl (C=O) groups excluding carboxylic acids is 2. The molecular formula is C29H30Cl2N2O3. The highest BCUT2D eigenvalue weighted by atomic mass is 35.5. The molecule has 1 fully saturated rings. The molecule has 0 aliphatic heterocycles. The van der Waals surface area contributed by atoms with Crippen LogP contribution in [0.2, 0.25) is 10.0 Å². The van der Waals surface area contributed by atoms with Gasteiger partial charge in [0.05, 0.1) is 0 Å². The highest BCUT2D eigenvalue weighted by Crippen LogP contribution is 2.28. The summed E-state index contributed by atoms with van der Waals surface area (Å²) in [4.78, 5) is 28.9. The molecule has 7 heteroatoms. The molecule has 0 heterocycles. The highest BCUT2D eigenvalue weighted by molar-refractivity contribution is 6.36. The molecule has 3 aromatic rings. The summed E-state index contributed by atoms with van der Waals surface area (Å²) in [5, 5.41) is 4.07. The van der Waals surface area contributed by atoms with E-state index in [0.29, 0.717) is 27.8 Å². The summed E-state index contributed by atoms with van der Waals surface area (Å²) in [5.41, 5.74) is 1.55. The van der Waals surface area contributed by atoms with Gasteiger partial charge in [0.1, 0.15) is 11.8 Å². The molecule has 5 nitrogen and oxygen atoms in total. The first-order chi connectivity index (χ1) is 17.5. The minimum Gasteiger partial charge on any atom is -0.484 e. The standard InChI is InChI=1S/C29H30Cl2N2O3/c30-25-16-9-17-26(31)24(25)19-33(28(34)20-36-23-14-5-2-6-15-23)27(18-21-10-3-1-4-11-21)29(35)32-22-12-7-8-13-22/h1-6,9-11,14-17,22,27H,7-8,12-13,18-20H2,(H,32,35)/t27-/m0/s1. The number of hydrogen-bond acceptors (Lipinski definition) is 3. The zero-order valence-electron chi connectivity index (χ0n) is 20.0. The normalized spacial score (nSPS) is 14.3. The van der Waals surface area contributed by atoms with E-state index in [4.69, 9.17) is 27.9 Å². The van der Waals surface area contributed by atoms with E-state index < -0.39 is 6.04 Å². The van der Waals surface area contributed by atoms with E-state index in [1.807, 2.05) is 48.5 Å². The summed E-state index contributed by atoms with van der Waals surface area (Å²) in [7, 11) is 0. The van der Waals surface area contributed by atoms with Crippen molar-refractivity contribution in [3.05, 3.63) is 100 Å². The Labute approximate surface area is 222 Å². The second-order valence-corrected chi connectivity index (χ2v) is 9.83. The van der Waals surface area contributed by atoms with E-state index in [9.17, 15) is 9.59 Å². The van der Waals surface area contributed by atoms with E-state index in [-0.39, 0.29) is 31.0 Å². The van der Waals surface area contributed by atoms with E-state index in [2.05, 4.69) is 5.32 Å². The largest absolute Gasteiger partial charge is 0.484 e. The Morgan fingerprint density at radius 3 is 2.14 bits per heavy atom. The molecule has 1 aliphatic rings. The molecule has 188 valence electrons. The molecule has 0 bridgehead atoms. The van der Waals surface area contributed by atoms with Gasteiger partial charge < -0.3 is 15.0 Å². The van der Waals surface area contributed by atoms with Crippen molar-refractivity contribution in [2.45, 2.75) is 50.7 Å². The number of rotatable bonds is 10. The van der Waals surface area contributed by atoms with Crippen molar-refractivity contribution in [2.75, 3.05) is 6.61 Å². The summed E-state index contributed by atoms with van der Waals surface area (Å²) >= 11 is 13.0. The second-order valence-electron chi connectivity index (χ2n) is 9.02. The molecule has 2 amide bonds. The van der Waals surface area contributed by atoms with Crippen LogP contribution < -0.4 is 10.1 Å². The maximum Gasteiger partial charge on any atom is 0.261 e. The van der Waals surface area contributed by atoms with Gasteiger partial charge in [-0.2, -0.15) is 0 Å². The number of nitrogens with one attached hydrogen (secondary N) is 1. The molecule has 1 saturated carbocycles. The minimum absolute atomic E-state index is 0.0884. The number of ether oxygens (including phenoxy) is 1. The van der Waals surface area contributed by atoms with Crippen LogP contribution in [0.4, 0.5) is 0 Å². The number of halogens is 2. The van der Waals surface area contributed by atoms with Gasteiger partial charge >= 0.3 is 0 Å². The zero-order valence-corrected chi connectivity index (χ0v) is 21.5. The third-order valence-electron chi connectivity index (χ3n) is 6.47. The molecule has 0 saturated heterocycles. The van der Waals surface area contributed by atoms with Crippen molar-refractivity contribution in [2.24, 2.45) is 0 Å². The number of carbonyl (C=O) groups is 2. The Balaban J connectivity index is 1.65. The zero-order chi connectivity index (χ0) is 25.3. The average Bonchev–Trinajstić information content (AvgIpc) is 3.40. The van der Waals surface area contributed by atoms with Gasteiger partial charge in [0.2, 0.25) is 5.91 Å². The number of para-hydroxylation sites is 1. The Kier molecular flexibility index (Phi) is 9.26. The first kappa shape index (κ1) is 26.1. The molecule has 3 aromatic carbocycles. The molecule has 36 heavy (non-hydrogen) atoms. The highest BCUT2D eigenvalue weighted by Gasteiger charge is 2.33. The molecule has 1 aliphatic carbocycles. The summed E-state index contributed by atoms with van der Waals surface area (Å²) < 4.78 is 5.77. The van der Waals surface area contributed by atoms with Crippen LogP contribution in [0.3, 0.4) is 0 Å². The lowest BCUT2D eigenvalue weighted by molar-refractivity contribution is -0.143. The molecule has 1 atom stereocenters. The summed E-state index contributed by atoms with van der Waals surface area (Å²) in [6, 6.07) is 23.4. The van der Waals surface area contributed by atoms with Gasteiger partial charge in [-0.1, -0.05) is 90.6 Å². The fourth-order valence-electron chi connectivity index (χ4n) is 4.52. The van der Waals surface area contributed by atoms with Crippen LogP contribution >= 0.6 is 23.2 Å². The number of benzene rings is 3. The van der Waals surface area contributed by atoms with Crippen LogP contribution in [0.15, 0.2) is 78.9 Å². The van der Waals surface area contributed by atoms with Gasteiger partial charge in [-0.25, -0.2) is 0 Å². The maximum atomic E-state index is 13.7. The van der Waals surface area contributed by atoms with Crippen LogP contribution in [0, 0.1) is 0 Å². The van der Waals surface area contributed by atoms with Crippen LogP contribution in [0.25, 0.3) is 0 Å². The minimum atomic E-state index is -0.757. The van der Waals surface area contributed by atoms with Gasteiger partial charge in [0.25, 0.3) is 5.91 Å². The molecule has 1 N–H and O–H groups in total. The lowest BCUT2D eigenvalue weighted by Crippen LogP contribution is -2.53. The molecule has 0 aromatic heterocycles. The van der Waals surface area contributed by atoms with Crippen molar-refractivity contribution >= 4 is 35.0 Å².